The van der Waals surface area contributed by atoms with E-state index in [0.717, 1.165) is 31.0 Å². The SMILES string of the molecule is Cc1nccn1CCCC(=O)Nc1ccnn1C(C)CC(C)C. The Kier molecular flexibility index (Phi) is 5.96. The van der Waals surface area contributed by atoms with Crippen LogP contribution in [0.4, 0.5) is 5.82 Å². The first-order chi connectivity index (χ1) is 11.0. The largest absolute Gasteiger partial charge is 0.335 e. The van der Waals surface area contributed by atoms with E-state index < -0.39 is 0 Å². The number of nitrogens with zero attached hydrogens (tertiary/aromatic N) is 4. The van der Waals surface area contributed by atoms with Crippen molar-refractivity contribution in [2.75, 3.05) is 5.32 Å². The van der Waals surface area contributed by atoms with Gasteiger partial charge in [0.05, 0.1) is 12.2 Å². The van der Waals surface area contributed by atoms with Gasteiger partial charge in [-0.15, -0.1) is 0 Å². The number of imidazole rings is 1. The van der Waals surface area contributed by atoms with E-state index in [9.17, 15) is 4.79 Å². The number of nitrogens with one attached hydrogen (secondary N) is 1. The lowest BCUT2D eigenvalue weighted by molar-refractivity contribution is -0.116. The van der Waals surface area contributed by atoms with Crippen LogP contribution in [0.5, 0.6) is 0 Å². The third-order valence-electron chi connectivity index (χ3n) is 3.89. The molecule has 0 radical (unpaired) electrons. The van der Waals surface area contributed by atoms with Crippen LogP contribution in [0.3, 0.4) is 0 Å². The van der Waals surface area contributed by atoms with Crippen molar-refractivity contribution < 1.29 is 4.79 Å². The second-order valence-electron chi connectivity index (χ2n) is 6.46. The Bertz CT molecular complexity index is 628. The van der Waals surface area contributed by atoms with Crippen LogP contribution in [0, 0.1) is 12.8 Å². The van der Waals surface area contributed by atoms with Crippen LogP contribution in [-0.4, -0.2) is 25.2 Å². The number of aromatic nitrogens is 4. The summed E-state index contributed by atoms with van der Waals surface area (Å²) >= 11 is 0. The fourth-order valence-electron chi connectivity index (χ4n) is 2.80. The third-order valence-corrected chi connectivity index (χ3v) is 3.89. The Balaban J connectivity index is 1.83. The van der Waals surface area contributed by atoms with Gasteiger partial charge in [0.2, 0.25) is 5.91 Å². The number of hydrogen-bond acceptors (Lipinski definition) is 3. The Morgan fingerprint density at radius 2 is 2.09 bits per heavy atom. The highest BCUT2D eigenvalue weighted by Gasteiger charge is 2.13. The van der Waals surface area contributed by atoms with E-state index in [4.69, 9.17) is 0 Å². The van der Waals surface area contributed by atoms with Crippen molar-refractivity contribution in [3.05, 3.63) is 30.5 Å². The van der Waals surface area contributed by atoms with E-state index in [-0.39, 0.29) is 11.9 Å². The molecule has 0 aliphatic carbocycles. The molecule has 126 valence electrons. The molecule has 0 aliphatic heterocycles. The van der Waals surface area contributed by atoms with Crippen molar-refractivity contribution in [1.29, 1.82) is 0 Å². The maximum absolute atomic E-state index is 12.1. The summed E-state index contributed by atoms with van der Waals surface area (Å²) in [5.74, 6) is 2.38. The van der Waals surface area contributed by atoms with Crippen molar-refractivity contribution in [2.24, 2.45) is 5.92 Å². The first-order valence-corrected chi connectivity index (χ1v) is 8.28. The number of amides is 1. The lowest BCUT2D eigenvalue weighted by Crippen LogP contribution is -2.18. The van der Waals surface area contributed by atoms with Crippen LogP contribution in [0.1, 0.15) is 51.9 Å². The van der Waals surface area contributed by atoms with Gasteiger partial charge in [-0.05, 0) is 32.6 Å². The van der Waals surface area contributed by atoms with Gasteiger partial charge in [-0.1, -0.05) is 13.8 Å². The molecule has 2 rings (SSSR count). The van der Waals surface area contributed by atoms with Crippen molar-refractivity contribution in [2.45, 2.75) is 59.5 Å². The fraction of sp³-hybridized carbons (Fsp3) is 0.588. The summed E-state index contributed by atoms with van der Waals surface area (Å²) < 4.78 is 3.96. The minimum Gasteiger partial charge on any atom is -0.335 e. The summed E-state index contributed by atoms with van der Waals surface area (Å²) in [7, 11) is 0. The molecule has 0 aliphatic rings. The molecule has 2 aromatic heterocycles. The molecular formula is C17H27N5O. The van der Waals surface area contributed by atoms with E-state index in [1.165, 1.54) is 0 Å². The standard InChI is InChI=1S/C17H27N5O/c1-13(2)12-14(3)22-16(7-8-19-22)20-17(23)6-5-10-21-11-9-18-15(21)4/h7-9,11,13-14H,5-6,10,12H2,1-4H3,(H,20,23). The predicted molar refractivity (Wildman–Crippen MR) is 91.2 cm³/mol. The highest BCUT2D eigenvalue weighted by molar-refractivity contribution is 5.89. The molecule has 1 N–H and O–H groups in total. The van der Waals surface area contributed by atoms with Gasteiger partial charge in [0.25, 0.3) is 0 Å². The average molecular weight is 317 g/mol. The molecule has 6 heteroatoms. The van der Waals surface area contributed by atoms with Gasteiger partial charge in [-0.3, -0.25) is 4.79 Å². The molecule has 0 bridgehead atoms. The van der Waals surface area contributed by atoms with Crippen LogP contribution < -0.4 is 5.32 Å². The zero-order valence-corrected chi connectivity index (χ0v) is 14.5. The highest BCUT2D eigenvalue weighted by Crippen LogP contribution is 2.20. The molecule has 0 saturated carbocycles. The topological polar surface area (TPSA) is 64.7 Å². The van der Waals surface area contributed by atoms with Crippen LogP contribution >= 0.6 is 0 Å². The van der Waals surface area contributed by atoms with Gasteiger partial charge in [-0.2, -0.15) is 5.10 Å². The van der Waals surface area contributed by atoms with Gasteiger partial charge >= 0.3 is 0 Å². The Morgan fingerprint density at radius 3 is 2.74 bits per heavy atom. The molecule has 23 heavy (non-hydrogen) atoms. The quantitative estimate of drug-likeness (QED) is 0.811. The third kappa shape index (κ3) is 4.94. The smallest absolute Gasteiger partial charge is 0.225 e. The fourth-order valence-corrected chi connectivity index (χ4v) is 2.80. The number of carbonyl (C=O) groups excluding carboxylic acids is 1. The normalized spacial score (nSPS) is 12.6. The first-order valence-electron chi connectivity index (χ1n) is 8.28. The van der Waals surface area contributed by atoms with Gasteiger partial charge in [0, 0.05) is 31.4 Å². The molecule has 0 fully saturated rings. The number of hydrogen-bond donors (Lipinski definition) is 1. The summed E-state index contributed by atoms with van der Waals surface area (Å²) in [6, 6.07) is 2.13. The van der Waals surface area contributed by atoms with E-state index >= 15 is 0 Å². The van der Waals surface area contributed by atoms with Gasteiger partial charge in [-0.25, -0.2) is 9.67 Å². The molecule has 0 saturated heterocycles. The molecular weight excluding hydrogens is 290 g/mol. The molecule has 2 aromatic rings. The maximum Gasteiger partial charge on any atom is 0.225 e. The summed E-state index contributed by atoms with van der Waals surface area (Å²) in [5.41, 5.74) is 0. The predicted octanol–water partition coefficient (Wildman–Crippen LogP) is 3.41. The Hall–Kier alpha value is -2.11. The van der Waals surface area contributed by atoms with Gasteiger partial charge in [0.1, 0.15) is 11.6 Å². The van der Waals surface area contributed by atoms with Crippen LogP contribution in [0.15, 0.2) is 24.7 Å². The monoisotopic (exact) mass is 317 g/mol. The molecule has 1 unspecified atom stereocenters. The van der Waals surface area contributed by atoms with Gasteiger partial charge < -0.3 is 9.88 Å². The highest BCUT2D eigenvalue weighted by atomic mass is 16.1. The van der Waals surface area contributed by atoms with Crippen molar-refractivity contribution in [3.63, 3.8) is 0 Å². The van der Waals surface area contributed by atoms with Crippen molar-refractivity contribution >= 4 is 11.7 Å². The molecule has 1 amide bonds. The lowest BCUT2D eigenvalue weighted by atomic mass is 10.1. The summed E-state index contributed by atoms with van der Waals surface area (Å²) in [6.45, 7) is 9.29. The first kappa shape index (κ1) is 17.2. The Labute approximate surface area is 137 Å². The maximum atomic E-state index is 12.1. The second-order valence-corrected chi connectivity index (χ2v) is 6.46. The number of aryl methyl sites for hydroxylation is 2. The van der Waals surface area contributed by atoms with E-state index in [2.05, 4.69) is 40.7 Å². The van der Waals surface area contributed by atoms with Crippen molar-refractivity contribution in [3.8, 4) is 0 Å². The average Bonchev–Trinajstić information content (AvgIpc) is 3.08. The van der Waals surface area contributed by atoms with E-state index in [1.807, 2.05) is 23.9 Å². The molecule has 2 heterocycles. The zero-order chi connectivity index (χ0) is 16.8. The number of anilines is 1. The molecule has 0 spiro atoms. The van der Waals surface area contributed by atoms with E-state index in [0.29, 0.717) is 12.3 Å². The van der Waals surface area contributed by atoms with Crippen molar-refractivity contribution in [1.82, 2.24) is 19.3 Å². The summed E-state index contributed by atoms with van der Waals surface area (Å²) in [4.78, 5) is 16.3. The van der Waals surface area contributed by atoms with Gasteiger partial charge in [0.15, 0.2) is 0 Å². The number of carbonyl (C=O) groups is 1. The summed E-state index contributed by atoms with van der Waals surface area (Å²) in [6.07, 6.45) is 7.77. The lowest BCUT2D eigenvalue weighted by Gasteiger charge is -2.17. The van der Waals surface area contributed by atoms with Crippen LogP contribution in [0.2, 0.25) is 0 Å². The minimum absolute atomic E-state index is 0.0289. The number of rotatable bonds is 8. The van der Waals surface area contributed by atoms with E-state index in [1.54, 1.807) is 12.4 Å². The molecule has 0 aromatic carbocycles. The molecule has 6 nitrogen and oxygen atoms in total. The molecule has 1 atom stereocenters. The second kappa shape index (κ2) is 7.94. The Morgan fingerprint density at radius 1 is 1.30 bits per heavy atom. The minimum atomic E-state index is 0.0289. The van der Waals surface area contributed by atoms with Crippen LogP contribution in [-0.2, 0) is 11.3 Å². The van der Waals surface area contributed by atoms with Crippen LogP contribution in [0.25, 0.3) is 0 Å². The summed E-state index contributed by atoms with van der Waals surface area (Å²) in [5, 5.41) is 7.32. The zero-order valence-electron chi connectivity index (χ0n) is 14.5.